The second-order valence-electron chi connectivity index (χ2n) is 4.62. The molecule has 0 aromatic rings. The van der Waals surface area contributed by atoms with Crippen LogP contribution in [0.3, 0.4) is 0 Å². The van der Waals surface area contributed by atoms with Crippen molar-refractivity contribution >= 4 is 38.3 Å². The Kier molecular flexibility index (Phi) is 71.0. The predicted octanol–water partition coefficient (Wildman–Crippen LogP) is -5.50. The molecule has 2 heterocycles. The number of ether oxygens (including phenoxy) is 2. The molecule has 0 bridgehead atoms. The van der Waals surface area contributed by atoms with Crippen LogP contribution in [-0.2, 0) is 31.9 Å². The summed E-state index contributed by atoms with van der Waals surface area (Å²) in [5.41, 5.74) is 0. The van der Waals surface area contributed by atoms with Crippen molar-refractivity contribution < 1.29 is 376 Å². The summed E-state index contributed by atoms with van der Waals surface area (Å²) in [7, 11) is 0. The Hall–Kier alpha value is 11.8. The van der Waals surface area contributed by atoms with Crippen molar-refractivity contribution in [2.45, 2.75) is 52.1 Å². The quantitative estimate of drug-likeness (QED) is 0.118. The molecule has 10 radical (unpaired) electrons. The molecule has 9 atom stereocenters. The average Bonchev–Trinajstić information content (AvgIpc) is 2.45. The first kappa shape index (κ1) is 60.1. The molecule has 0 amide bonds. The van der Waals surface area contributed by atoms with Crippen LogP contribution in [0.25, 0.3) is 0 Å². The maximum absolute atomic E-state index is 9.09. The fourth-order valence-corrected chi connectivity index (χ4v) is 2.90. The summed E-state index contributed by atoms with van der Waals surface area (Å²) in [6, 6.07) is 0. The van der Waals surface area contributed by atoms with Crippen molar-refractivity contribution in [3.63, 3.8) is 0 Å². The van der Waals surface area contributed by atoms with E-state index in [-0.39, 0.29) is 337 Å². The summed E-state index contributed by atoms with van der Waals surface area (Å²) in [5.74, 6) is 0. The second-order valence-corrected chi connectivity index (χ2v) is 6.92. The van der Waals surface area contributed by atoms with Crippen molar-refractivity contribution in [2.24, 2.45) is 0 Å². The van der Waals surface area contributed by atoms with Crippen LogP contribution in [0.4, 0.5) is 0 Å². The molecule has 9 unspecified atom stereocenters. The number of hydrogen-bond acceptors (Lipinski definition) is 9. The van der Waals surface area contributed by atoms with Crippen LogP contribution in [0.2, 0.25) is 0 Å². The van der Waals surface area contributed by atoms with Crippen LogP contribution >= 0.6 is 0 Å². The minimum absolute atomic E-state index is 0. The Morgan fingerprint density at radius 2 is 1.07 bits per heavy atom. The van der Waals surface area contributed by atoms with Gasteiger partial charge in [-0.15, -0.1) is 0 Å². The van der Waals surface area contributed by atoms with Crippen LogP contribution in [0.1, 0.15) is 0 Å². The standard InChI is InChI=1S/C5H9O5Te.C5H9O4Se.7Ac.Au/c6-1-2(7)4(9)10-5(11)3(1)8;6-2-1-9-5(10)4(8)3(2)7;;;;;;;;/h1-9H;2-8H,1H2;;;;;;;;. The molecule has 2 fully saturated rings. The molecule has 2 saturated heterocycles. The Labute approximate surface area is 458 Å². The minimum Gasteiger partial charge on any atom is 0 e. The molecule has 2 aliphatic heterocycles. The van der Waals surface area contributed by atoms with Gasteiger partial charge in [-0.1, -0.05) is 0 Å². The molecule has 0 aromatic heterocycles. The molecule has 19 heteroatoms. The van der Waals surface area contributed by atoms with Crippen molar-refractivity contribution in [3.05, 3.63) is 0 Å². The first-order valence-corrected chi connectivity index (χ1v) is 8.35. The van der Waals surface area contributed by atoms with Crippen LogP contribution in [0.15, 0.2) is 0 Å². The summed E-state index contributed by atoms with van der Waals surface area (Å²) < 4.78 is 8.88. The Morgan fingerprint density at radius 3 is 1.45 bits per heavy atom. The van der Waals surface area contributed by atoms with E-state index < -0.39 is 52.1 Å². The summed E-state index contributed by atoms with van der Waals surface area (Å²) in [6.07, 6.45) is -8.41. The minimum atomic E-state index is -1.43. The zero-order chi connectivity index (χ0) is 16.3. The molecular formula is C10H18Ac7AuO9SeTe. The number of aliphatic hydroxyl groups is 7. The molecule has 2 aliphatic rings. The van der Waals surface area contributed by atoms with Crippen LogP contribution in [-0.4, -0.2) is 133 Å². The van der Waals surface area contributed by atoms with Gasteiger partial charge in [0.05, 0.1) is 0 Å². The molecule has 0 aliphatic carbocycles. The fourth-order valence-electron chi connectivity index (χ4n) is 1.61. The van der Waals surface area contributed by atoms with Gasteiger partial charge in [-0.05, 0) is 0 Å². The maximum atomic E-state index is 9.09. The van der Waals surface area contributed by atoms with Crippen LogP contribution in [0.5, 0.6) is 0 Å². The first-order valence-electron chi connectivity index (χ1n) is 6.02. The van der Waals surface area contributed by atoms with E-state index in [2.05, 4.69) is 20.7 Å². The number of hydrogen-bond donors (Lipinski definition) is 7. The van der Waals surface area contributed by atoms with Crippen LogP contribution < -0.4 is 0 Å². The normalized spacial score (nSPS) is 36.9. The van der Waals surface area contributed by atoms with E-state index in [4.69, 9.17) is 40.5 Å². The maximum Gasteiger partial charge on any atom is 0 e. The van der Waals surface area contributed by atoms with E-state index in [0.717, 1.165) is 0 Å². The molecule has 156 valence electrons. The third kappa shape index (κ3) is 23.9. The molecule has 0 saturated carbocycles. The second kappa shape index (κ2) is 34.3. The predicted molar refractivity (Wildman–Crippen MR) is 68.2 cm³/mol. The van der Waals surface area contributed by atoms with E-state index >= 15 is 0 Å². The Morgan fingerprint density at radius 1 is 0.655 bits per heavy atom. The van der Waals surface area contributed by atoms with Gasteiger partial charge in [0, 0.05) is 331 Å². The summed E-state index contributed by atoms with van der Waals surface area (Å²) in [4.78, 5) is 0. The molecule has 7 N–H and O–H groups in total. The van der Waals surface area contributed by atoms with Gasteiger partial charge in [-0.25, -0.2) is 0 Å². The first-order chi connectivity index (χ1) is 9.66. The molecule has 29 heavy (non-hydrogen) atoms. The van der Waals surface area contributed by atoms with Gasteiger partial charge in [0.1, 0.15) is 0 Å². The summed E-state index contributed by atoms with van der Waals surface area (Å²) in [6.45, 7) is 0.0654. The topological polar surface area (TPSA) is 160 Å². The van der Waals surface area contributed by atoms with Crippen molar-refractivity contribution in [3.8, 4) is 0 Å². The fraction of sp³-hybridized carbons (Fsp3) is 1.00. The summed E-state index contributed by atoms with van der Waals surface area (Å²) >= 11 is 3.97. The smallest absolute Gasteiger partial charge is 0 e. The van der Waals surface area contributed by atoms with Gasteiger partial charge in [-0.2, -0.15) is 0 Å². The monoisotopic (exact) mass is 2280 g/mol. The Bertz CT molecular complexity index is 326. The molecule has 2 rings (SSSR count). The average molecular weight is 2270 g/mol. The van der Waals surface area contributed by atoms with E-state index in [9.17, 15) is 0 Å². The van der Waals surface area contributed by atoms with E-state index in [0.29, 0.717) is 0 Å². The van der Waals surface area contributed by atoms with Crippen molar-refractivity contribution in [1.82, 2.24) is 0 Å². The van der Waals surface area contributed by atoms with Gasteiger partial charge in [0.15, 0.2) is 0 Å². The third-order valence-electron chi connectivity index (χ3n) is 3.00. The van der Waals surface area contributed by atoms with Crippen molar-refractivity contribution in [2.75, 3.05) is 6.61 Å². The number of aliphatic hydroxyl groups excluding tert-OH is 7. The molecule has 0 spiro atoms. The van der Waals surface area contributed by atoms with Gasteiger partial charge in [0.2, 0.25) is 0 Å². The van der Waals surface area contributed by atoms with E-state index in [1.807, 2.05) is 0 Å². The van der Waals surface area contributed by atoms with Crippen molar-refractivity contribution in [1.29, 1.82) is 0 Å². The van der Waals surface area contributed by atoms with E-state index in [1.165, 1.54) is 22.3 Å². The van der Waals surface area contributed by atoms with Gasteiger partial charge in [0.25, 0.3) is 0 Å². The summed E-state index contributed by atoms with van der Waals surface area (Å²) in [5, 5.41) is 62.5. The zero-order valence-corrected chi connectivity index (χ0v) is 54.4. The Balaban J connectivity index is -0.0000000398. The number of rotatable bonds is 0. The largest absolute Gasteiger partial charge is 0 e. The third-order valence-corrected chi connectivity index (χ3v) is 4.98. The molecule has 0 aromatic carbocycles. The molecular weight excluding hydrogens is 2260 g/mol. The van der Waals surface area contributed by atoms with Gasteiger partial charge in [-0.3, -0.25) is 0 Å². The molecule has 9 nitrogen and oxygen atoms in total. The zero-order valence-electron chi connectivity index (χ0n) is 15.0. The van der Waals surface area contributed by atoms with Crippen LogP contribution in [0, 0.1) is 308 Å². The van der Waals surface area contributed by atoms with E-state index in [1.54, 1.807) is 0 Å². The van der Waals surface area contributed by atoms with Gasteiger partial charge >= 0.3 is 142 Å². The van der Waals surface area contributed by atoms with Gasteiger partial charge < -0.3 is 0 Å². The SMILES string of the molecule is OC1COC([Se])C(O)C1O.OC1OC([Te])C(O)C(O)C1O.[Ac].[Ac].[Ac].[Ac].[Ac].[Ac].[Ac].[Au].